The summed E-state index contributed by atoms with van der Waals surface area (Å²) in [6, 6.07) is 1.66. The molecule has 0 spiro atoms. The van der Waals surface area contributed by atoms with Crippen molar-refractivity contribution in [2.24, 2.45) is 0 Å². The van der Waals surface area contributed by atoms with Gasteiger partial charge in [0.05, 0.1) is 29.9 Å². The first-order valence-corrected chi connectivity index (χ1v) is 6.97. The molecule has 108 valence electrons. The summed E-state index contributed by atoms with van der Waals surface area (Å²) in [5.41, 5.74) is 0. The van der Waals surface area contributed by atoms with Gasteiger partial charge >= 0.3 is 0 Å². The molecule has 0 aromatic carbocycles. The van der Waals surface area contributed by atoms with Crippen molar-refractivity contribution in [1.82, 2.24) is 4.98 Å². The third-order valence-corrected chi connectivity index (χ3v) is 2.82. The molecule has 0 aliphatic heterocycles. The van der Waals surface area contributed by atoms with Crippen molar-refractivity contribution in [1.29, 1.82) is 0 Å². The van der Waals surface area contributed by atoms with Crippen LogP contribution in [0.15, 0.2) is 6.07 Å². The maximum absolute atomic E-state index is 8.57. The van der Waals surface area contributed by atoms with Gasteiger partial charge in [0.2, 0.25) is 0 Å². The molecule has 0 unspecified atom stereocenters. The number of aliphatic hydroxyl groups excluding tert-OH is 1. The van der Waals surface area contributed by atoms with E-state index in [4.69, 9.17) is 33.0 Å². The third kappa shape index (κ3) is 5.82. The van der Waals surface area contributed by atoms with Crippen molar-refractivity contribution in [3.05, 3.63) is 16.1 Å². The average Bonchev–Trinajstić information content (AvgIpc) is 2.39. The number of aliphatic hydroxyl groups is 1. The van der Waals surface area contributed by atoms with Gasteiger partial charge in [-0.15, -0.1) is 0 Å². The van der Waals surface area contributed by atoms with Crippen LogP contribution in [0, 0.1) is 0 Å². The molecule has 0 amide bonds. The molecule has 0 aliphatic carbocycles. The number of hydrogen-bond acceptors (Lipinski definition) is 5. The average molecular weight is 308 g/mol. The molecular weight excluding hydrogens is 289 g/mol. The van der Waals surface area contributed by atoms with Crippen molar-refractivity contribution >= 4 is 34.8 Å². The molecular formula is C12H19Cl2N3O2. The predicted molar refractivity (Wildman–Crippen MR) is 79.4 cm³/mol. The van der Waals surface area contributed by atoms with Crippen LogP contribution in [0.5, 0.6) is 0 Å². The van der Waals surface area contributed by atoms with E-state index in [2.05, 4.69) is 22.5 Å². The van der Waals surface area contributed by atoms with Gasteiger partial charge in [-0.2, -0.15) is 0 Å². The normalized spacial score (nSPS) is 10.5. The summed E-state index contributed by atoms with van der Waals surface area (Å²) in [6.45, 7) is 4.24. The number of rotatable bonds is 9. The van der Waals surface area contributed by atoms with Crippen LogP contribution in [0.1, 0.15) is 13.3 Å². The molecule has 1 rings (SSSR count). The summed E-state index contributed by atoms with van der Waals surface area (Å²) in [5, 5.41) is 15.7. The Morgan fingerprint density at radius 3 is 2.37 bits per heavy atom. The standard InChI is InChI=1S/C12H19Cl2N3O2/c1-2-3-15-11-9(13)8-10(14)12(17-11)16-4-6-19-7-5-18/h8,18H,2-7H2,1H3,(H2,15,16,17). The summed E-state index contributed by atoms with van der Waals surface area (Å²) in [4.78, 5) is 4.34. The first-order chi connectivity index (χ1) is 9.19. The van der Waals surface area contributed by atoms with E-state index in [1.165, 1.54) is 0 Å². The van der Waals surface area contributed by atoms with Gasteiger partial charge in [0.1, 0.15) is 11.6 Å². The highest BCUT2D eigenvalue weighted by Gasteiger charge is 2.08. The van der Waals surface area contributed by atoms with Crippen molar-refractivity contribution in [3.8, 4) is 0 Å². The largest absolute Gasteiger partial charge is 0.394 e. The molecule has 0 bridgehead atoms. The van der Waals surface area contributed by atoms with Gasteiger partial charge < -0.3 is 20.5 Å². The highest BCUT2D eigenvalue weighted by molar-refractivity contribution is 6.37. The van der Waals surface area contributed by atoms with E-state index in [-0.39, 0.29) is 6.61 Å². The number of nitrogens with zero attached hydrogens (tertiary/aromatic N) is 1. The van der Waals surface area contributed by atoms with Gasteiger partial charge in [0.25, 0.3) is 0 Å². The van der Waals surface area contributed by atoms with Gasteiger partial charge in [-0.25, -0.2) is 4.98 Å². The third-order valence-electron chi connectivity index (χ3n) is 2.25. The van der Waals surface area contributed by atoms with Crippen LogP contribution in [0.4, 0.5) is 11.6 Å². The second-order valence-corrected chi connectivity index (χ2v) is 4.65. The molecule has 0 fully saturated rings. The summed E-state index contributed by atoms with van der Waals surface area (Å²) in [6.07, 6.45) is 0.985. The molecule has 0 aliphatic rings. The Morgan fingerprint density at radius 1 is 1.16 bits per heavy atom. The van der Waals surface area contributed by atoms with Crippen molar-refractivity contribution in [2.75, 3.05) is 43.5 Å². The van der Waals surface area contributed by atoms with Crippen molar-refractivity contribution < 1.29 is 9.84 Å². The minimum atomic E-state index is 0.0189. The Morgan fingerprint density at radius 2 is 1.79 bits per heavy atom. The molecule has 1 aromatic rings. The molecule has 7 heteroatoms. The molecule has 0 saturated heterocycles. The zero-order valence-electron chi connectivity index (χ0n) is 10.9. The van der Waals surface area contributed by atoms with Gasteiger partial charge in [0.15, 0.2) is 0 Å². The van der Waals surface area contributed by atoms with E-state index in [1.807, 2.05) is 0 Å². The lowest BCUT2D eigenvalue weighted by molar-refractivity contribution is 0.0992. The first kappa shape index (κ1) is 16.3. The highest BCUT2D eigenvalue weighted by Crippen LogP contribution is 2.28. The first-order valence-electron chi connectivity index (χ1n) is 6.21. The molecule has 3 N–H and O–H groups in total. The van der Waals surface area contributed by atoms with Gasteiger partial charge in [-0.1, -0.05) is 30.1 Å². The number of halogens is 2. The van der Waals surface area contributed by atoms with Crippen LogP contribution < -0.4 is 10.6 Å². The Balaban J connectivity index is 2.56. The van der Waals surface area contributed by atoms with Gasteiger partial charge in [-0.05, 0) is 12.5 Å². The SMILES string of the molecule is CCCNc1nc(NCCOCCO)c(Cl)cc1Cl. The van der Waals surface area contributed by atoms with Crippen molar-refractivity contribution in [2.45, 2.75) is 13.3 Å². The Labute approximate surface area is 123 Å². The minimum absolute atomic E-state index is 0.0189. The van der Waals surface area contributed by atoms with Crippen LogP contribution >= 0.6 is 23.2 Å². The number of ether oxygens (including phenoxy) is 1. The van der Waals surface area contributed by atoms with Crippen LogP contribution in [-0.2, 0) is 4.74 Å². The van der Waals surface area contributed by atoms with E-state index in [9.17, 15) is 0 Å². The topological polar surface area (TPSA) is 66.4 Å². The Kier molecular flexibility index (Phi) is 7.90. The number of hydrogen-bond donors (Lipinski definition) is 3. The Hall–Kier alpha value is -0.750. The number of aromatic nitrogens is 1. The summed E-state index contributed by atoms with van der Waals surface area (Å²) in [7, 11) is 0. The van der Waals surface area contributed by atoms with Crippen LogP contribution in [0.25, 0.3) is 0 Å². The molecule has 5 nitrogen and oxygen atoms in total. The number of nitrogens with one attached hydrogen (secondary N) is 2. The smallest absolute Gasteiger partial charge is 0.147 e. The molecule has 1 heterocycles. The van der Waals surface area contributed by atoms with E-state index < -0.39 is 0 Å². The zero-order chi connectivity index (χ0) is 14.1. The second kappa shape index (κ2) is 9.20. The van der Waals surface area contributed by atoms with E-state index >= 15 is 0 Å². The lowest BCUT2D eigenvalue weighted by Gasteiger charge is -2.12. The lowest BCUT2D eigenvalue weighted by atomic mass is 10.4. The predicted octanol–water partition coefficient (Wildman–Crippen LogP) is 2.63. The molecule has 19 heavy (non-hydrogen) atoms. The number of anilines is 2. The summed E-state index contributed by atoms with van der Waals surface area (Å²) in [5.74, 6) is 1.18. The Bertz CT molecular complexity index is 391. The zero-order valence-corrected chi connectivity index (χ0v) is 12.4. The van der Waals surface area contributed by atoms with Crippen LogP contribution in [0.2, 0.25) is 10.0 Å². The maximum Gasteiger partial charge on any atom is 0.147 e. The number of pyridine rings is 1. The molecule has 1 aromatic heterocycles. The minimum Gasteiger partial charge on any atom is -0.394 e. The van der Waals surface area contributed by atoms with E-state index in [0.717, 1.165) is 13.0 Å². The van der Waals surface area contributed by atoms with E-state index in [1.54, 1.807) is 6.07 Å². The quantitative estimate of drug-likeness (QED) is 0.612. The highest BCUT2D eigenvalue weighted by atomic mass is 35.5. The lowest BCUT2D eigenvalue weighted by Crippen LogP contribution is -2.13. The molecule has 0 radical (unpaired) electrons. The van der Waals surface area contributed by atoms with Crippen molar-refractivity contribution in [3.63, 3.8) is 0 Å². The van der Waals surface area contributed by atoms with E-state index in [0.29, 0.717) is 41.4 Å². The summed E-state index contributed by atoms with van der Waals surface area (Å²) >= 11 is 12.1. The second-order valence-electron chi connectivity index (χ2n) is 3.84. The fourth-order valence-corrected chi connectivity index (χ4v) is 1.86. The molecule has 0 atom stereocenters. The maximum atomic E-state index is 8.57. The molecule has 0 saturated carbocycles. The summed E-state index contributed by atoms with van der Waals surface area (Å²) < 4.78 is 5.14. The van der Waals surface area contributed by atoms with Gasteiger partial charge in [-0.3, -0.25) is 0 Å². The fraction of sp³-hybridized carbons (Fsp3) is 0.583. The van der Waals surface area contributed by atoms with Crippen LogP contribution in [-0.4, -0.2) is 43.0 Å². The fourth-order valence-electron chi connectivity index (χ4n) is 1.37. The monoisotopic (exact) mass is 307 g/mol. The van der Waals surface area contributed by atoms with Gasteiger partial charge in [0, 0.05) is 13.1 Å². The van der Waals surface area contributed by atoms with Crippen LogP contribution in [0.3, 0.4) is 0 Å².